The first-order chi connectivity index (χ1) is 12.9. The molecule has 9 heteroatoms. The van der Waals surface area contributed by atoms with Crippen LogP contribution in [0.5, 0.6) is 0 Å². The Morgan fingerprint density at radius 3 is 2.48 bits per heavy atom. The smallest absolute Gasteiger partial charge is 0.332 e. The van der Waals surface area contributed by atoms with Crippen LogP contribution >= 0.6 is 22.9 Å². The van der Waals surface area contributed by atoms with Crippen molar-refractivity contribution >= 4 is 40.7 Å². The third kappa shape index (κ3) is 3.67. The summed E-state index contributed by atoms with van der Waals surface area (Å²) in [6, 6.07) is 11.0. The zero-order chi connectivity index (χ0) is 19.6. The van der Waals surface area contributed by atoms with Gasteiger partial charge in [-0.3, -0.25) is 13.9 Å². The molecule has 0 fully saturated rings. The lowest BCUT2D eigenvalue weighted by atomic mass is 10.2. The summed E-state index contributed by atoms with van der Waals surface area (Å²) in [6.07, 6.45) is 1.05. The largest absolute Gasteiger partial charge is 0.411 e. The van der Waals surface area contributed by atoms with Gasteiger partial charge >= 0.3 is 5.69 Å². The first kappa shape index (κ1) is 18.9. The lowest BCUT2D eigenvalue weighted by Crippen LogP contribution is -2.42. The molecule has 2 heterocycles. The molecule has 1 N–H and O–H groups in total. The summed E-state index contributed by atoms with van der Waals surface area (Å²) in [5.41, 5.74) is -0.177. The van der Waals surface area contributed by atoms with E-state index in [-0.39, 0.29) is 5.56 Å². The molecule has 0 saturated heterocycles. The molecule has 0 radical (unpaired) electrons. The van der Waals surface area contributed by atoms with Crippen LogP contribution in [0.2, 0.25) is 5.02 Å². The second kappa shape index (κ2) is 7.81. The average Bonchev–Trinajstić information content (AvgIpc) is 3.17. The van der Waals surface area contributed by atoms with E-state index < -0.39 is 11.2 Å². The summed E-state index contributed by atoms with van der Waals surface area (Å²) in [6.45, 7) is 0.423. The van der Waals surface area contributed by atoms with Crippen LogP contribution in [0, 0.1) is 0 Å². The van der Waals surface area contributed by atoms with Gasteiger partial charge in [0, 0.05) is 29.7 Å². The molecule has 0 saturated carbocycles. The maximum Gasteiger partial charge on any atom is 0.332 e. The van der Waals surface area contributed by atoms with E-state index in [4.69, 9.17) is 16.8 Å². The van der Waals surface area contributed by atoms with E-state index in [1.54, 1.807) is 42.6 Å². The van der Waals surface area contributed by atoms with Crippen LogP contribution in [0.1, 0.15) is 10.4 Å². The van der Waals surface area contributed by atoms with Gasteiger partial charge in [-0.05, 0) is 35.7 Å². The third-order valence-corrected chi connectivity index (χ3v) is 5.26. The van der Waals surface area contributed by atoms with Crippen molar-refractivity contribution in [3.8, 4) is 0 Å². The minimum Gasteiger partial charge on any atom is -0.411 e. The predicted octanol–water partition coefficient (Wildman–Crippen LogP) is 2.95. The number of aromatic nitrogens is 2. The Bertz CT molecular complexity index is 1090. The molecule has 7 nitrogen and oxygen atoms in total. The summed E-state index contributed by atoms with van der Waals surface area (Å²) < 4.78 is 2.34. The Hall–Kier alpha value is -2.84. The standard InChI is InChI=1S/C18H17ClN4O3S/c1-21-16(15(10-20-26)17(24)22(2)18(21)25)23(11-14-4-3-9-27-14)13-7-5-12(19)6-8-13/h3-10,26H,11H2,1-2H3/b20-10+. The highest BCUT2D eigenvalue weighted by Crippen LogP contribution is 2.30. The lowest BCUT2D eigenvalue weighted by molar-refractivity contribution is 0.321. The Labute approximate surface area is 164 Å². The quantitative estimate of drug-likeness (QED) is 0.403. The molecule has 0 bridgehead atoms. The number of benzene rings is 1. The van der Waals surface area contributed by atoms with Crippen molar-refractivity contribution in [2.45, 2.75) is 6.54 Å². The molecule has 0 unspecified atom stereocenters. The number of hydrogen-bond acceptors (Lipinski definition) is 6. The molecule has 27 heavy (non-hydrogen) atoms. The zero-order valence-corrected chi connectivity index (χ0v) is 16.2. The minimum absolute atomic E-state index is 0.105. The summed E-state index contributed by atoms with van der Waals surface area (Å²) in [7, 11) is 2.96. The fourth-order valence-corrected chi connectivity index (χ4v) is 3.64. The van der Waals surface area contributed by atoms with Gasteiger partial charge < -0.3 is 10.1 Å². The maximum atomic E-state index is 12.6. The number of anilines is 2. The molecule has 3 rings (SSSR count). The number of nitrogens with zero attached hydrogens (tertiary/aromatic N) is 4. The fraction of sp³-hybridized carbons (Fsp3) is 0.167. The van der Waals surface area contributed by atoms with Crippen LogP contribution in [-0.2, 0) is 20.6 Å². The first-order valence-corrected chi connectivity index (χ1v) is 9.22. The SMILES string of the molecule is Cn1c(N(Cc2cccs2)c2ccc(Cl)cc2)c(/C=N/O)c(=O)n(C)c1=O. The topological polar surface area (TPSA) is 79.8 Å². The first-order valence-electron chi connectivity index (χ1n) is 7.97. The highest BCUT2D eigenvalue weighted by atomic mass is 35.5. The monoisotopic (exact) mass is 404 g/mol. The molecule has 2 aromatic heterocycles. The van der Waals surface area contributed by atoms with Crippen molar-refractivity contribution in [2.75, 3.05) is 4.90 Å². The van der Waals surface area contributed by atoms with Crippen LogP contribution < -0.4 is 16.1 Å². The number of halogens is 1. The highest BCUT2D eigenvalue weighted by Gasteiger charge is 2.22. The van der Waals surface area contributed by atoms with Gasteiger partial charge in [-0.15, -0.1) is 11.3 Å². The van der Waals surface area contributed by atoms with Gasteiger partial charge in [-0.25, -0.2) is 4.79 Å². The Balaban J connectivity index is 2.30. The summed E-state index contributed by atoms with van der Waals surface area (Å²) >= 11 is 7.57. The average molecular weight is 405 g/mol. The number of hydrogen-bond donors (Lipinski definition) is 1. The molecule has 140 valence electrons. The van der Waals surface area contributed by atoms with Crippen molar-refractivity contribution in [3.05, 3.63) is 78.1 Å². The van der Waals surface area contributed by atoms with Gasteiger partial charge in [-0.1, -0.05) is 22.8 Å². The van der Waals surface area contributed by atoms with Crippen LogP contribution in [-0.4, -0.2) is 20.6 Å². The molecule has 0 aliphatic carbocycles. The van der Waals surface area contributed by atoms with Gasteiger partial charge in [0.25, 0.3) is 5.56 Å². The van der Waals surface area contributed by atoms with Gasteiger partial charge in [0.1, 0.15) is 11.4 Å². The molecule has 0 amide bonds. The van der Waals surface area contributed by atoms with Crippen molar-refractivity contribution in [3.63, 3.8) is 0 Å². The second-order valence-corrected chi connectivity index (χ2v) is 7.30. The van der Waals surface area contributed by atoms with E-state index >= 15 is 0 Å². The van der Waals surface area contributed by atoms with E-state index in [0.29, 0.717) is 17.4 Å². The van der Waals surface area contributed by atoms with Crippen LogP contribution in [0.3, 0.4) is 0 Å². The highest BCUT2D eigenvalue weighted by molar-refractivity contribution is 7.09. The van der Waals surface area contributed by atoms with Crippen molar-refractivity contribution < 1.29 is 5.21 Å². The van der Waals surface area contributed by atoms with Crippen molar-refractivity contribution in [1.82, 2.24) is 9.13 Å². The van der Waals surface area contributed by atoms with Gasteiger partial charge in [0.15, 0.2) is 0 Å². The maximum absolute atomic E-state index is 12.6. The molecule has 0 spiro atoms. The Morgan fingerprint density at radius 1 is 1.19 bits per heavy atom. The van der Waals surface area contributed by atoms with E-state index in [0.717, 1.165) is 21.3 Å². The van der Waals surface area contributed by atoms with Crippen LogP contribution in [0.4, 0.5) is 11.5 Å². The second-order valence-electron chi connectivity index (χ2n) is 5.83. The number of oxime groups is 1. The zero-order valence-electron chi connectivity index (χ0n) is 14.7. The summed E-state index contributed by atoms with van der Waals surface area (Å²) in [4.78, 5) is 28.0. The Kier molecular flexibility index (Phi) is 5.48. The van der Waals surface area contributed by atoms with Gasteiger partial charge in [0.05, 0.1) is 12.8 Å². The third-order valence-electron chi connectivity index (χ3n) is 4.14. The normalized spacial score (nSPS) is 11.2. The summed E-state index contributed by atoms with van der Waals surface area (Å²) in [5.74, 6) is 0.330. The van der Waals surface area contributed by atoms with Crippen molar-refractivity contribution in [2.24, 2.45) is 19.3 Å². The van der Waals surface area contributed by atoms with E-state index in [9.17, 15) is 9.59 Å². The molecule has 0 atom stereocenters. The minimum atomic E-state index is -0.545. The van der Waals surface area contributed by atoms with E-state index in [2.05, 4.69) is 5.16 Å². The number of rotatable bonds is 5. The summed E-state index contributed by atoms with van der Waals surface area (Å²) in [5, 5.41) is 14.6. The molecule has 3 aromatic rings. The molecule has 0 aliphatic rings. The molecule has 1 aromatic carbocycles. The lowest BCUT2D eigenvalue weighted by Gasteiger charge is -2.28. The van der Waals surface area contributed by atoms with Crippen molar-refractivity contribution in [1.29, 1.82) is 0 Å². The van der Waals surface area contributed by atoms with Crippen LogP contribution in [0.25, 0.3) is 0 Å². The number of thiophene rings is 1. The van der Waals surface area contributed by atoms with E-state index in [1.165, 1.54) is 11.6 Å². The fourth-order valence-electron chi connectivity index (χ4n) is 2.82. The van der Waals surface area contributed by atoms with Crippen LogP contribution in [0.15, 0.2) is 56.5 Å². The molecular formula is C18H17ClN4O3S. The van der Waals surface area contributed by atoms with E-state index in [1.807, 2.05) is 22.4 Å². The Morgan fingerprint density at radius 2 is 1.89 bits per heavy atom. The van der Waals surface area contributed by atoms with Gasteiger partial charge in [0.2, 0.25) is 0 Å². The molecule has 0 aliphatic heterocycles. The predicted molar refractivity (Wildman–Crippen MR) is 108 cm³/mol. The molecular weight excluding hydrogens is 388 g/mol. The van der Waals surface area contributed by atoms with Gasteiger partial charge in [-0.2, -0.15) is 0 Å².